The fourth-order valence-electron chi connectivity index (χ4n) is 3.60. The standard InChI is InChI=1S/C20H22ClNO3/c1-4-25-14-6-8-15(17(21)10-14)12-5-7-16-13(9-12)11-20(2,3)18(16)22-19(23)24/h5-10,18,22H,4,11H2,1-3H3,(H,23,24)/t18-/m0/s1. The van der Waals surface area contributed by atoms with Crippen LogP contribution in [0.1, 0.15) is 37.9 Å². The van der Waals surface area contributed by atoms with Gasteiger partial charge in [0.25, 0.3) is 0 Å². The van der Waals surface area contributed by atoms with E-state index in [1.54, 1.807) is 0 Å². The van der Waals surface area contributed by atoms with E-state index in [2.05, 4.69) is 25.2 Å². The van der Waals surface area contributed by atoms with E-state index in [-0.39, 0.29) is 11.5 Å². The van der Waals surface area contributed by atoms with Crippen molar-refractivity contribution in [3.63, 3.8) is 0 Å². The van der Waals surface area contributed by atoms with E-state index >= 15 is 0 Å². The summed E-state index contributed by atoms with van der Waals surface area (Å²) in [5.41, 5.74) is 4.01. The van der Waals surface area contributed by atoms with Gasteiger partial charge in [0, 0.05) is 5.56 Å². The Labute approximate surface area is 152 Å². The average molecular weight is 360 g/mol. The molecule has 0 saturated carbocycles. The number of rotatable bonds is 4. The first-order valence-corrected chi connectivity index (χ1v) is 8.74. The van der Waals surface area contributed by atoms with Gasteiger partial charge in [-0.15, -0.1) is 0 Å². The number of carboxylic acid groups (broad SMARTS) is 1. The fourth-order valence-corrected chi connectivity index (χ4v) is 3.88. The largest absolute Gasteiger partial charge is 0.494 e. The summed E-state index contributed by atoms with van der Waals surface area (Å²) < 4.78 is 5.48. The highest BCUT2D eigenvalue weighted by Crippen LogP contribution is 2.46. The van der Waals surface area contributed by atoms with Crippen LogP contribution in [0.2, 0.25) is 5.02 Å². The summed E-state index contributed by atoms with van der Waals surface area (Å²) in [5, 5.41) is 12.4. The van der Waals surface area contributed by atoms with E-state index in [0.29, 0.717) is 11.6 Å². The van der Waals surface area contributed by atoms with Crippen molar-refractivity contribution in [2.75, 3.05) is 6.61 Å². The number of carbonyl (C=O) groups is 1. The van der Waals surface area contributed by atoms with Crippen LogP contribution in [0.15, 0.2) is 36.4 Å². The van der Waals surface area contributed by atoms with Gasteiger partial charge in [-0.25, -0.2) is 4.79 Å². The molecule has 3 rings (SSSR count). The molecule has 0 unspecified atom stereocenters. The summed E-state index contributed by atoms with van der Waals surface area (Å²) in [6.45, 7) is 6.70. The normalized spacial score (nSPS) is 17.8. The van der Waals surface area contributed by atoms with E-state index in [9.17, 15) is 4.79 Å². The smallest absolute Gasteiger partial charge is 0.405 e. The third-order valence-corrected chi connectivity index (χ3v) is 5.02. The lowest BCUT2D eigenvalue weighted by Gasteiger charge is -2.27. The van der Waals surface area contributed by atoms with Gasteiger partial charge in [-0.05, 0) is 53.6 Å². The lowest BCUT2D eigenvalue weighted by molar-refractivity contribution is 0.175. The van der Waals surface area contributed by atoms with Crippen molar-refractivity contribution >= 4 is 17.7 Å². The summed E-state index contributed by atoms with van der Waals surface area (Å²) >= 11 is 6.43. The average Bonchev–Trinajstić information content (AvgIpc) is 2.77. The SMILES string of the molecule is CCOc1ccc(-c2ccc3c(c2)CC(C)(C)[C@H]3NC(=O)O)c(Cl)c1. The first-order valence-electron chi connectivity index (χ1n) is 8.37. The van der Waals surface area contributed by atoms with Crippen LogP contribution >= 0.6 is 11.6 Å². The van der Waals surface area contributed by atoms with Gasteiger partial charge in [0.2, 0.25) is 0 Å². The van der Waals surface area contributed by atoms with Gasteiger partial charge in [0.05, 0.1) is 17.7 Å². The van der Waals surface area contributed by atoms with Crippen LogP contribution < -0.4 is 10.1 Å². The van der Waals surface area contributed by atoms with Crippen molar-refractivity contribution in [2.45, 2.75) is 33.2 Å². The maximum atomic E-state index is 11.1. The molecular formula is C20H22ClNO3. The van der Waals surface area contributed by atoms with E-state index in [1.807, 2.05) is 37.3 Å². The molecule has 2 aromatic rings. The predicted octanol–water partition coefficient (Wildman–Crippen LogP) is 5.30. The molecule has 132 valence electrons. The molecule has 25 heavy (non-hydrogen) atoms. The summed E-state index contributed by atoms with van der Waals surface area (Å²) in [6.07, 6.45) is -0.181. The molecule has 1 atom stereocenters. The molecule has 2 aromatic carbocycles. The summed E-state index contributed by atoms with van der Waals surface area (Å²) in [7, 11) is 0. The fraction of sp³-hybridized carbons (Fsp3) is 0.350. The van der Waals surface area contributed by atoms with Crippen molar-refractivity contribution in [1.29, 1.82) is 0 Å². The van der Waals surface area contributed by atoms with Gasteiger partial charge >= 0.3 is 6.09 Å². The second-order valence-corrected chi connectivity index (χ2v) is 7.44. The summed E-state index contributed by atoms with van der Waals surface area (Å²) in [5.74, 6) is 0.754. The van der Waals surface area contributed by atoms with Crippen LogP contribution in [0.3, 0.4) is 0 Å². The van der Waals surface area contributed by atoms with Gasteiger partial charge in [-0.2, -0.15) is 0 Å². The van der Waals surface area contributed by atoms with Crippen molar-refractivity contribution < 1.29 is 14.6 Å². The molecule has 1 amide bonds. The molecule has 4 nitrogen and oxygen atoms in total. The number of ether oxygens (including phenoxy) is 1. The zero-order valence-electron chi connectivity index (χ0n) is 14.6. The predicted molar refractivity (Wildman–Crippen MR) is 99.4 cm³/mol. The monoisotopic (exact) mass is 359 g/mol. The van der Waals surface area contributed by atoms with Crippen LogP contribution in [0.25, 0.3) is 11.1 Å². The quantitative estimate of drug-likeness (QED) is 0.779. The Morgan fingerprint density at radius 3 is 2.72 bits per heavy atom. The summed E-state index contributed by atoms with van der Waals surface area (Å²) in [4.78, 5) is 11.1. The van der Waals surface area contributed by atoms with Crippen LogP contribution in [0.4, 0.5) is 4.79 Å². The van der Waals surface area contributed by atoms with E-state index in [1.165, 1.54) is 0 Å². The Hall–Kier alpha value is -2.20. The third-order valence-electron chi connectivity index (χ3n) is 4.71. The topological polar surface area (TPSA) is 58.6 Å². The Balaban J connectivity index is 1.97. The van der Waals surface area contributed by atoms with Gasteiger partial charge in [-0.1, -0.05) is 43.6 Å². The molecular weight excluding hydrogens is 338 g/mol. The summed E-state index contributed by atoms with van der Waals surface area (Å²) in [6, 6.07) is 11.6. The van der Waals surface area contributed by atoms with Gasteiger partial charge in [0.1, 0.15) is 5.75 Å². The second-order valence-electron chi connectivity index (χ2n) is 7.04. The van der Waals surface area contributed by atoms with Crippen molar-refractivity contribution in [1.82, 2.24) is 5.32 Å². The lowest BCUT2D eigenvalue weighted by atomic mass is 9.85. The van der Waals surface area contributed by atoms with E-state index in [4.69, 9.17) is 21.4 Å². The Morgan fingerprint density at radius 2 is 2.08 bits per heavy atom. The highest BCUT2D eigenvalue weighted by Gasteiger charge is 2.40. The van der Waals surface area contributed by atoms with Crippen LogP contribution in [-0.4, -0.2) is 17.8 Å². The Kier molecular flexibility index (Phi) is 4.65. The zero-order chi connectivity index (χ0) is 18.2. The number of amides is 1. The molecule has 0 fully saturated rings. The highest BCUT2D eigenvalue weighted by molar-refractivity contribution is 6.33. The van der Waals surface area contributed by atoms with Gasteiger partial charge < -0.3 is 15.2 Å². The molecule has 0 spiro atoms. The first-order chi connectivity index (χ1) is 11.8. The van der Waals surface area contributed by atoms with Crippen LogP contribution in [0, 0.1) is 5.41 Å². The molecule has 2 N–H and O–H groups in total. The second kappa shape index (κ2) is 6.60. The maximum absolute atomic E-state index is 11.1. The molecule has 0 heterocycles. The van der Waals surface area contributed by atoms with Crippen molar-refractivity contribution in [2.24, 2.45) is 5.41 Å². The van der Waals surface area contributed by atoms with Gasteiger partial charge in [-0.3, -0.25) is 0 Å². The maximum Gasteiger partial charge on any atom is 0.405 e. The highest BCUT2D eigenvalue weighted by atomic mass is 35.5. The van der Waals surface area contributed by atoms with Crippen LogP contribution in [-0.2, 0) is 6.42 Å². The third kappa shape index (κ3) is 3.45. The van der Waals surface area contributed by atoms with E-state index < -0.39 is 6.09 Å². The lowest BCUT2D eigenvalue weighted by Crippen LogP contribution is -2.34. The van der Waals surface area contributed by atoms with Crippen molar-refractivity contribution in [3.05, 3.63) is 52.5 Å². The Bertz CT molecular complexity index is 817. The molecule has 0 aromatic heterocycles. The molecule has 0 saturated heterocycles. The molecule has 0 aliphatic heterocycles. The molecule has 0 radical (unpaired) electrons. The molecule has 0 bridgehead atoms. The molecule has 1 aliphatic rings. The van der Waals surface area contributed by atoms with Gasteiger partial charge in [0.15, 0.2) is 0 Å². The molecule has 5 heteroatoms. The number of hydrogen-bond acceptors (Lipinski definition) is 2. The van der Waals surface area contributed by atoms with E-state index in [0.717, 1.165) is 34.4 Å². The number of halogens is 1. The molecule has 1 aliphatic carbocycles. The minimum Gasteiger partial charge on any atom is -0.494 e. The number of benzene rings is 2. The van der Waals surface area contributed by atoms with Crippen LogP contribution in [0.5, 0.6) is 5.75 Å². The zero-order valence-corrected chi connectivity index (χ0v) is 15.4. The number of fused-ring (bicyclic) bond motifs is 1. The Morgan fingerprint density at radius 1 is 1.32 bits per heavy atom. The minimum absolute atomic E-state index is 0.165. The minimum atomic E-state index is -0.996. The number of nitrogens with one attached hydrogen (secondary N) is 1. The first kappa shape index (κ1) is 17.6. The number of hydrogen-bond donors (Lipinski definition) is 2. The van der Waals surface area contributed by atoms with Crippen molar-refractivity contribution in [3.8, 4) is 16.9 Å².